The van der Waals surface area contributed by atoms with E-state index in [1.807, 2.05) is 11.5 Å². The molecule has 0 aliphatic heterocycles. The zero-order valence-electron chi connectivity index (χ0n) is 16.1. The van der Waals surface area contributed by atoms with Crippen LogP contribution in [0.5, 0.6) is 5.75 Å². The third-order valence-corrected chi connectivity index (χ3v) is 4.16. The van der Waals surface area contributed by atoms with E-state index in [9.17, 15) is 24.6 Å². The number of carbonyl (C=O) groups excluding carboxylic acids is 3. The second-order valence-electron chi connectivity index (χ2n) is 6.38. The van der Waals surface area contributed by atoms with Gasteiger partial charge in [-0.1, -0.05) is 42.5 Å². The van der Waals surface area contributed by atoms with E-state index in [4.69, 9.17) is 10.6 Å². The van der Waals surface area contributed by atoms with Gasteiger partial charge in [0.15, 0.2) is 0 Å². The van der Waals surface area contributed by atoms with Crippen molar-refractivity contribution in [3.8, 4) is 5.75 Å². The molecular formula is C20H24N4O6. The van der Waals surface area contributed by atoms with Gasteiger partial charge in [0.1, 0.15) is 24.4 Å². The van der Waals surface area contributed by atoms with Crippen LogP contribution in [0.2, 0.25) is 0 Å². The van der Waals surface area contributed by atoms with E-state index < -0.39 is 36.6 Å². The number of benzene rings is 2. The van der Waals surface area contributed by atoms with Crippen LogP contribution in [0.4, 0.5) is 4.79 Å². The number of alkyl carbamates (subject to hydrolysis) is 1. The predicted molar refractivity (Wildman–Crippen MR) is 107 cm³/mol. The first-order valence-corrected chi connectivity index (χ1v) is 9.09. The summed E-state index contributed by atoms with van der Waals surface area (Å²) in [4.78, 5) is 36.4. The Bertz CT molecular complexity index is 844. The molecular weight excluding hydrogens is 392 g/mol. The number of phenolic OH excluding ortho intramolecular Hbond substituents is 1. The lowest BCUT2D eigenvalue weighted by Gasteiger charge is -2.21. The van der Waals surface area contributed by atoms with Gasteiger partial charge in [0.05, 0.1) is 6.61 Å². The van der Waals surface area contributed by atoms with Crippen molar-refractivity contribution in [2.75, 3.05) is 6.61 Å². The number of ether oxygens (including phenoxy) is 1. The van der Waals surface area contributed by atoms with Gasteiger partial charge in [-0.3, -0.25) is 15.0 Å². The smallest absolute Gasteiger partial charge is 0.408 e. The fourth-order valence-electron chi connectivity index (χ4n) is 2.55. The number of hydrazine groups is 1. The number of aliphatic hydroxyl groups excluding tert-OH is 1. The molecule has 0 aromatic heterocycles. The van der Waals surface area contributed by atoms with Gasteiger partial charge < -0.3 is 25.6 Å². The highest BCUT2D eigenvalue weighted by atomic mass is 16.5. The number of aliphatic hydroxyl groups is 1. The summed E-state index contributed by atoms with van der Waals surface area (Å²) < 4.78 is 5.03. The highest BCUT2D eigenvalue weighted by Gasteiger charge is 2.26. The zero-order chi connectivity index (χ0) is 21.9. The molecule has 0 spiro atoms. The lowest BCUT2D eigenvalue weighted by Crippen LogP contribution is -2.56. The fraction of sp³-hybridized carbons (Fsp3) is 0.250. The van der Waals surface area contributed by atoms with Crippen molar-refractivity contribution in [3.05, 3.63) is 65.7 Å². The lowest BCUT2D eigenvalue weighted by molar-refractivity contribution is -0.130. The molecule has 10 heteroatoms. The number of hydrogen-bond acceptors (Lipinski definition) is 7. The molecule has 2 rings (SSSR count). The summed E-state index contributed by atoms with van der Waals surface area (Å²) in [5, 5.41) is 23.5. The van der Waals surface area contributed by atoms with Gasteiger partial charge in [-0.05, 0) is 23.3 Å². The molecule has 0 bridgehead atoms. The molecule has 0 saturated heterocycles. The molecule has 0 aliphatic rings. The Hall–Kier alpha value is -3.63. The summed E-state index contributed by atoms with van der Waals surface area (Å²) in [5.41, 5.74) is 3.37. The van der Waals surface area contributed by atoms with Crippen molar-refractivity contribution < 1.29 is 29.3 Å². The predicted octanol–water partition coefficient (Wildman–Crippen LogP) is -0.303. The normalized spacial score (nSPS) is 12.3. The molecule has 0 saturated carbocycles. The van der Waals surface area contributed by atoms with Crippen molar-refractivity contribution in [1.29, 1.82) is 0 Å². The Morgan fingerprint density at radius 3 is 2.17 bits per heavy atom. The maximum Gasteiger partial charge on any atom is 0.408 e. The average Bonchev–Trinajstić information content (AvgIpc) is 2.77. The fourth-order valence-corrected chi connectivity index (χ4v) is 2.55. The minimum absolute atomic E-state index is 0.00843. The third kappa shape index (κ3) is 7.08. The second-order valence-corrected chi connectivity index (χ2v) is 6.38. The molecule has 0 unspecified atom stereocenters. The minimum atomic E-state index is -1.33. The van der Waals surface area contributed by atoms with Gasteiger partial charge >= 0.3 is 6.09 Å². The first-order chi connectivity index (χ1) is 14.4. The van der Waals surface area contributed by atoms with Crippen molar-refractivity contribution >= 4 is 17.9 Å². The van der Waals surface area contributed by atoms with E-state index >= 15 is 0 Å². The van der Waals surface area contributed by atoms with Crippen LogP contribution >= 0.6 is 0 Å². The maximum absolute atomic E-state index is 12.5. The Morgan fingerprint density at radius 2 is 1.57 bits per heavy atom. The third-order valence-electron chi connectivity index (χ3n) is 4.16. The molecule has 0 heterocycles. The summed E-state index contributed by atoms with van der Waals surface area (Å²) in [5.74, 6) is 3.78. The van der Waals surface area contributed by atoms with E-state index in [0.717, 1.165) is 5.56 Å². The van der Waals surface area contributed by atoms with Crippen LogP contribution in [-0.2, 0) is 27.4 Å². The number of hydrogen-bond donors (Lipinski definition) is 6. The summed E-state index contributed by atoms with van der Waals surface area (Å²) >= 11 is 0. The number of phenols is 1. The number of nitrogens with two attached hydrogens (primary N) is 1. The van der Waals surface area contributed by atoms with Crippen LogP contribution in [0, 0.1) is 0 Å². The largest absolute Gasteiger partial charge is 0.508 e. The van der Waals surface area contributed by atoms with Crippen molar-refractivity contribution in [1.82, 2.24) is 16.1 Å². The van der Waals surface area contributed by atoms with Crippen LogP contribution < -0.4 is 21.9 Å². The number of aromatic hydroxyl groups is 1. The molecule has 30 heavy (non-hydrogen) atoms. The highest BCUT2D eigenvalue weighted by Crippen LogP contribution is 2.11. The van der Waals surface area contributed by atoms with Crippen LogP contribution in [0.1, 0.15) is 11.1 Å². The van der Waals surface area contributed by atoms with Crippen LogP contribution in [0.25, 0.3) is 0 Å². The quantitative estimate of drug-likeness (QED) is 0.186. The van der Waals surface area contributed by atoms with Gasteiger partial charge in [-0.25, -0.2) is 10.6 Å². The second kappa shape index (κ2) is 11.4. The standard InChI is InChI=1S/C20H24N4O6/c21-24-19(28)16(10-13-6-8-15(26)9-7-13)22-18(27)17(11-25)23-20(29)30-12-14-4-2-1-3-5-14/h1-9,16-17,25-26H,10-12,21H2,(H,22,27)(H,23,29)(H,24,28)/t16-,17-/m0/s1. The van der Waals surface area contributed by atoms with Gasteiger partial charge in [0.2, 0.25) is 5.91 Å². The first kappa shape index (κ1) is 22.7. The van der Waals surface area contributed by atoms with E-state index in [1.165, 1.54) is 12.1 Å². The number of nitrogens with one attached hydrogen (secondary N) is 3. The van der Waals surface area contributed by atoms with Crippen LogP contribution in [0.3, 0.4) is 0 Å². The van der Waals surface area contributed by atoms with E-state index in [0.29, 0.717) is 5.56 Å². The van der Waals surface area contributed by atoms with Crippen molar-refractivity contribution in [2.45, 2.75) is 25.1 Å². The number of carbonyl (C=O) groups is 3. The number of rotatable bonds is 9. The SMILES string of the molecule is NNC(=O)[C@H](Cc1ccc(O)cc1)NC(=O)[C@H](CO)NC(=O)OCc1ccccc1. The summed E-state index contributed by atoms with van der Waals surface area (Å²) in [7, 11) is 0. The average molecular weight is 416 g/mol. The van der Waals surface area contributed by atoms with E-state index in [-0.39, 0.29) is 18.8 Å². The molecule has 0 aliphatic carbocycles. The van der Waals surface area contributed by atoms with Gasteiger partial charge in [0.25, 0.3) is 5.91 Å². The molecule has 2 aromatic rings. The van der Waals surface area contributed by atoms with E-state index in [1.54, 1.807) is 36.4 Å². The van der Waals surface area contributed by atoms with Crippen LogP contribution in [0.15, 0.2) is 54.6 Å². The molecule has 7 N–H and O–H groups in total. The topological polar surface area (TPSA) is 163 Å². The molecule has 2 atom stereocenters. The maximum atomic E-state index is 12.5. The Balaban J connectivity index is 1.94. The number of amides is 3. The zero-order valence-corrected chi connectivity index (χ0v) is 16.1. The monoisotopic (exact) mass is 416 g/mol. The van der Waals surface area contributed by atoms with Crippen molar-refractivity contribution in [2.24, 2.45) is 5.84 Å². The molecule has 0 fully saturated rings. The highest BCUT2D eigenvalue weighted by molar-refractivity contribution is 5.91. The Labute approximate surface area is 173 Å². The van der Waals surface area contributed by atoms with Gasteiger partial charge in [0, 0.05) is 6.42 Å². The van der Waals surface area contributed by atoms with Crippen molar-refractivity contribution in [3.63, 3.8) is 0 Å². The molecule has 2 aromatic carbocycles. The molecule has 3 amide bonds. The molecule has 160 valence electrons. The first-order valence-electron chi connectivity index (χ1n) is 9.09. The van der Waals surface area contributed by atoms with Gasteiger partial charge in [-0.2, -0.15) is 0 Å². The minimum Gasteiger partial charge on any atom is -0.508 e. The molecule has 0 radical (unpaired) electrons. The molecule has 10 nitrogen and oxygen atoms in total. The summed E-state index contributed by atoms with van der Waals surface area (Å²) in [6.07, 6.45) is -0.822. The van der Waals surface area contributed by atoms with Gasteiger partial charge in [-0.15, -0.1) is 0 Å². The Morgan fingerprint density at radius 1 is 0.900 bits per heavy atom. The summed E-state index contributed by atoms with van der Waals surface area (Å²) in [6, 6.07) is 12.6. The summed E-state index contributed by atoms with van der Waals surface area (Å²) in [6.45, 7) is -0.714. The lowest BCUT2D eigenvalue weighted by atomic mass is 10.0. The van der Waals surface area contributed by atoms with E-state index in [2.05, 4.69) is 10.6 Å². The Kier molecular flexibility index (Phi) is 8.60. The van der Waals surface area contributed by atoms with Crippen LogP contribution in [-0.4, -0.2) is 46.8 Å².